The summed E-state index contributed by atoms with van der Waals surface area (Å²) >= 11 is 5.91. The number of aromatic nitrogens is 2. The molecule has 2 aromatic rings. The number of rotatable bonds is 5. The van der Waals surface area contributed by atoms with Crippen molar-refractivity contribution in [3.63, 3.8) is 0 Å². The first-order chi connectivity index (χ1) is 9.67. The van der Waals surface area contributed by atoms with Crippen LogP contribution >= 0.6 is 11.6 Å². The monoisotopic (exact) mass is 350 g/mol. The van der Waals surface area contributed by atoms with E-state index >= 15 is 0 Å². The maximum Gasteiger partial charge on any atom is 0.265 e. The Labute approximate surface area is 126 Å². The molecule has 0 fully saturated rings. The zero-order valence-corrected chi connectivity index (χ0v) is 13.1. The van der Waals surface area contributed by atoms with Gasteiger partial charge in [0.1, 0.15) is 4.90 Å². The maximum atomic E-state index is 12.0. The Morgan fingerprint density at radius 1 is 1.19 bits per heavy atom. The summed E-state index contributed by atoms with van der Waals surface area (Å²) in [6, 6.07) is 4.04. The van der Waals surface area contributed by atoms with E-state index in [1.807, 2.05) is 0 Å². The quantitative estimate of drug-likeness (QED) is 0.749. The Morgan fingerprint density at radius 3 is 2.43 bits per heavy atom. The van der Waals surface area contributed by atoms with Gasteiger partial charge in [-0.05, 0) is 18.2 Å². The van der Waals surface area contributed by atoms with E-state index in [2.05, 4.69) is 19.6 Å². The number of nitrogens with zero attached hydrogens (tertiary/aromatic N) is 1. The Balaban J connectivity index is 2.25. The van der Waals surface area contributed by atoms with Crippen molar-refractivity contribution in [2.45, 2.75) is 4.90 Å². The van der Waals surface area contributed by atoms with Crippen molar-refractivity contribution < 1.29 is 16.8 Å². The van der Waals surface area contributed by atoms with Crippen LogP contribution in [0.1, 0.15) is 0 Å². The van der Waals surface area contributed by atoms with E-state index in [1.165, 1.54) is 24.4 Å². The normalized spacial score (nSPS) is 12.1. The molecule has 0 spiro atoms. The average molecular weight is 351 g/mol. The van der Waals surface area contributed by atoms with Gasteiger partial charge in [0, 0.05) is 6.20 Å². The molecule has 0 atom stereocenters. The van der Waals surface area contributed by atoms with Gasteiger partial charge in [-0.1, -0.05) is 11.6 Å². The third-order valence-corrected chi connectivity index (χ3v) is 4.55. The summed E-state index contributed by atoms with van der Waals surface area (Å²) < 4.78 is 50.7. The lowest BCUT2D eigenvalue weighted by Gasteiger charge is -2.10. The van der Waals surface area contributed by atoms with Crippen LogP contribution in [-0.4, -0.2) is 33.3 Å². The number of benzene rings is 1. The Hall–Kier alpha value is -1.78. The Bertz CT molecular complexity index is 847. The van der Waals surface area contributed by atoms with Gasteiger partial charge in [0.15, 0.2) is 0 Å². The fourth-order valence-corrected chi connectivity index (χ4v) is 3.28. The minimum atomic E-state index is -3.78. The molecule has 3 N–H and O–H groups in total. The SMILES string of the molecule is CS(=O)(=O)Nc1ccc(NS(=O)(=O)c2cn[nH]c2)cc1Cl. The van der Waals surface area contributed by atoms with Crippen LogP contribution in [0.25, 0.3) is 0 Å². The number of hydrogen-bond donors (Lipinski definition) is 3. The molecule has 0 aliphatic heterocycles. The van der Waals surface area contributed by atoms with Crippen molar-refractivity contribution in [2.24, 2.45) is 0 Å². The highest BCUT2D eigenvalue weighted by molar-refractivity contribution is 7.92. The summed E-state index contributed by atoms with van der Waals surface area (Å²) in [5, 5.41) is 6.01. The van der Waals surface area contributed by atoms with E-state index in [4.69, 9.17) is 11.6 Å². The molecular weight excluding hydrogens is 340 g/mol. The smallest absolute Gasteiger partial charge is 0.265 e. The number of H-pyrrole nitrogens is 1. The van der Waals surface area contributed by atoms with Crippen molar-refractivity contribution >= 4 is 43.0 Å². The van der Waals surface area contributed by atoms with Crippen molar-refractivity contribution in [1.82, 2.24) is 10.2 Å². The van der Waals surface area contributed by atoms with E-state index in [9.17, 15) is 16.8 Å². The highest BCUT2D eigenvalue weighted by Crippen LogP contribution is 2.27. The molecule has 2 rings (SSSR count). The number of nitrogens with one attached hydrogen (secondary N) is 3. The van der Waals surface area contributed by atoms with Gasteiger partial charge in [0.25, 0.3) is 10.0 Å². The molecule has 1 heterocycles. The van der Waals surface area contributed by atoms with Crippen LogP contribution in [0.3, 0.4) is 0 Å². The molecule has 11 heteroatoms. The molecule has 114 valence electrons. The van der Waals surface area contributed by atoms with Crippen LogP contribution in [0.5, 0.6) is 0 Å². The molecule has 0 amide bonds. The molecule has 0 bridgehead atoms. The molecule has 8 nitrogen and oxygen atoms in total. The summed E-state index contributed by atoms with van der Waals surface area (Å²) in [4.78, 5) is -0.0306. The van der Waals surface area contributed by atoms with Crippen LogP contribution in [-0.2, 0) is 20.0 Å². The van der Waals surface area contributed by atoms with Crippen LogP contribution in [0.2, 0.25) is 5.02 Å². The minimum Gasteiger partial charge on any atom is -0.284 e. The van der Waals surface area contributed by atoms with Crippen LogP contribution in [0, 0.1) is 0 Å². The van der Waals surface area contributed by atoms with E-state index in [1.54, 1.807) is 0 Å². The molecule has 0 unspecified atom stereocenters. The van der Waals surface area contributed by atoms with Gasteiger partial charge in [0.05, 0.1) is 28.9 Å². The Morgan fingerprint density at radius 2 is 1.90 bits per heavy atom. The third kappa shape index (κ3) is 4.09. The number of anilines is 2. The first-order valence-corrected chi connectivity index (χ1v) is 9.21. The summed E-state index contributed by atoms with van der Waals surface area (Å²) in [5.41, 5.74) is 0.352. The van der Waals surface area contributed by atoms with Crippen molar-refractivity contribution in [1.29, 1.82) is 0 Å². The molecule has 0 saturated heterocycles. The second kappa shape index (κ2) is 5.54. The van der Waals surface area contributed by atoms with Crippen LogP contribution < -0.4 is 9.44 Å². The number of aromatic amines is 1. The zero-order chi connectivity index (χ0) is 15.7. The Kier molecular flexibility index (Phi) is 4.12. The van der Waals surface area contributed by atoms with Crippen molar-refractivity contribution in [2.75, 3.05) is 15.7 Å². The standard InChI is InChI=1S/C10H11ClN4O4S2/c1-20(16,17)15-10-3-2-7(4-9(10)11)14-21(18,19)8-5-12-13-6-8/h2-6,14-15H,1H3,(H,12,13). The zero-order valence-electron chi connectivity index (χ0n) is 10.7. The van der Waals surface area contributed by atoms with Crippen molar-refractivity contribution in [3.05, 3.63) is 35.6 Å². The summed E-state index contributed by atoms with van der Waals surface area (Å²) in [7, 11) is -7.24. The lowest BCUT2D eigenvalue weighted by molar-refractivity contribution is 0.600. The first kappa shape index (κ1) is 15.6. The maximum absolute atomic E-state index is 12.0. The minimum absolute atomic E-state index is 0.0306. The molecule has 1 aromatic carbocycles. The molecule has 0 aliphatic carbocycles. The lowest BCUT2D eigenvalue weighted by Crippen LogP contribution is -2.13. The highest BCUT2D eigenvalue weighted by atomic mass is 35.5. The number of sulfonamides is 2. The van der Waals surface area contributed by atoms with E-state index in [0.717, 1.165) is 12.5 Å². The van der Waals surface area contributed by atoms with Gasteiger partial charge in [0.2, 0.25) is 10.0 Å². The van der Waals surface area contributed by atoms with E-state index in [0.29, 0.717) is 0 Å². The molecule has 0 radical (unpaired) electrons. The largest absolute Gasteiger partial charge is 0.284 e. The van der Waals surface area contributed by atoms with Gasteiger partial charge in [-0.3, -0.25) is 14.5 Å². The van der Waals surface area contributed by atoms with Crippen LogP contribution in [0.15, 0.2) is 35.5 Å². The summed E-state index contributed by atoms with van der Waals surface area (Å²) in [5.74, 6) is 0. The molecule has 1 aromatic heterocycles. The topological polar surface area (TPSA) is 121 Å². The second-order valence-corrected chi connectivity index (χ2v) is 7.95. The van der Waals surface area contributed by atoms with Gasteiger partial charge in [-0.25, -0.2) is 16.8 Å². The van der Waals surface area contributed by atoms with E-state index in [-0.39, 0.29) is 21.3 Å². The van der Waals surface area contributed by atoms with E-state index < -0.39 is 20.0 Å². The number of hydrogen-bond acceptors (Lipinski definition) is 5. The van der Waals surface area contributed by atoms with Crippen LogP contribution in [0.4, 0.5) is 11.4 Å². The fraction of sp³-hybridized carbons (Fsp3) is 0.100. The average Bonchev–Trinajstić information content (AvgIpc) is 2.85. The summed E-state index contributed by atoms with van der Waals surface area (Å²) in [6.45, 7) is 0. The number of halogens is 1. The highest BCUT2D eigenvalue weighted by Gasteiger charge is 2.16. The molecule has 0 aliphatic rings. The van der Waals surface area contributed by atoms with Crippen molar-refractivity contribution in [3.8, 4) is 0 Å². The summed E-state index contributed by atoms with van der Waals surface area (Å²) in [6.07, 6.45) is 3.37. The van der Waals surface area contributed by atoms with Gasteiger partial charge in [-0.2, -0.15) is 5.10 Å². The molecule has 0 saturated carbocycles. The second-order valence-electron chi connectivity index (χ2n) is 4.11. The third-order valence-electron chi connectivity index (χ3n) is 2.30. The molecular formula is C10H11ClN4O4S2. The predicted octanol–water partition coefficient (Wildman–Crippen LogP) is 1.24. The van der Waals surface area contributed by atoms with Gasteiger partial charge < -0.3 is 0 Å². The lowest BCUT2D eigenvalue weighted by atomic mass is 10.3. The molecule has 21 heavy (non-hydrogen) atoms. The fourth-order valence-electron chi connectivity index (χ4n) is 1.46. The first-order valence-electron chi connectivity index (χ1n) is 5.46. The van der Waals surface area contributed by atoms with Gasteiger partial charge >= 0.3 is 0 Å². The predicted molar refractivity (Wildman–Crippen MR) is 79.3 cm³/mol. The van der Waals surface area contributed by atoms with Gasteiger partial charge in [-0.15, -0.1) is 0 Å².